The number of furan rings is 1. The molecule has 3 heterocycles. The largest absolute Gasteiger partial charge is 0.455 e. The summed E-state index contributed by atoms with van der Waals surface area (Å²) in [6.45, 7) is 0. The Morgan fingerprint density at radius 1 is 0.312 bits per heavy atom. The number of hydrogen-bond donors (Lipinski definition) is 0. The van der Waals surface area contributed by atoms with Gasteiger partial charge in [0.15, 0.2) is 11.6 Å². The van der Waals surface area contributed by atoms with Gasteiger partial charge in [0.1, 0.15) is 11.2 Å². The zero-order valence-corrected chi connectivity index (χ0v) is 34.3. The van der Waals surface area contributed by atoms with Crippen molar-refractivity contribution in [2.24, 2.45) is 0 Å². The van der Waals surface area contributed by atoms with E-state index in [0.29, 0.717) is 17.6 Å². The molecule has 14 aromatic rings. The standard InChI is InChI=1S/C59H34N4O/c1-5-18-39-35(13-1)17-11-24-43(39)46-32-33-47(45-23-10-9-22-44(45)46)57-60-58(50-25-12-26-52-54(50)49-31-28-38-16-4-8-21-42(38)56(49)64-52)62-59(61-57)63-51-34-29-36-14-2-6-19-40(36)53(51)48-30-27-37-15-3-7-20-41(37)55(48)63/h1-34H. The van der Waals surface area contributed by atoms with Gasteiger partial charge in [-0.1, -0.05) is 182 Å². The predicted octanol–water partition coefficient (Wildman–Crippen LogP) is 15.6. The lowest BCUT2D eigenvalue weighted by molar-refractivity contribution is 0.672. The summed E-state index contributed by atoms with van der Waals surface area (Å²) >= 11 is 0. The van der Waals surface area contributed by atoms with Crippen molar-refractivity contribution in [1.82, 2.24) is 19.5 Å². The molecule has 5 heteroatoms. The summed E-state index contributed by atoms with van der Waals surface area (Å²) in [6.07, 6.45) is 0. The average molecular weight is 815 g/mol. The van der Waals surface area contributed by atoms with Crippen LogP contribution in [-0.2, 0) is 0 Å². The minimum atomic E-state index is 0.545. The molecule has 0 spiro atoms. The lowest BCUT2D eigenvalue weighted by Gasteiger charge is -2.15. The first-order valence-electron chi connectivity index (χ1n) is 21.7. The summed E-state index contributed by atoms with van der Waals surface area (Å²) in [6, 6.07) is 73.3. The number of fused-ring (bicyclic) bond motifs is 14. The van der Waals surface area contributed by atoms with Crippen LogP contribution in [-0.4, -0.2) is 19.5 Å². The molecule has 0 saturated carbocycles. The van der Waals surface area contributed by atoms with Crippen molar-refractivity contribution in [1.29, 1.82) is 0 Å². The maximum absolute atomic E-state index is 6.72. The van der Waals surface area contributed by atoms with Crippen LogP contribution >= 0.6 is 0 Å². The number of benzene rings is 11. The first kappa shape index (κ1) is 35.0. The fourth-order valence-corrected chi connectivity index (χ4v) is 10.4. The minimum Gasteiger partial charge on any atom is -0.455 e. The first-order valence-corrected chi connectivity index (χ1v) is 21.7. The molecule has 64 heavy (non-hydrogen) atoms. The van der Waals surface area contributed by atoms with Gasteiger partial charge in [0, 0.05) is 43.4 Å². The lowest BCUT2D eigenvalue weighted by Crippen LogP contribution is -2.07. The molecule has 0 atom stereocenters. The van der Waals surface area contributed by atoms with Gasteiger partial charge in [0.25, 0.3) is 0 Å². The molecule has 0 fully saturated rings. The highest BCUT2D eigenvalue weighted by molar-refractivity contribution is 6.26. The third-order valence-corrected chi connectivity index (χ3v) is 13.2. The normalized spacial score (nSPS) is 12.1. The molecule has 0 aliphatic rings. The third kappa shape index (κ3) is 5.03. The van der Waals surface area contributed by atoms with E-state index >= 15 is 0 Å². The Bertz CT molecular complexity index is 4270. The Labute approximate surface area is 366 Å². The molecule has 3 aromatic heterocycles. The van der Waals surface area contributed by atoms with E-state index < -0.39 is 0 Å². The fraction of sp³-hybridized carbons (Fsp3) is 0. The van der Waals surface area contributed by atoms with E-state index in [1.165, 1.54) is 32.5 Å². The third-order valence-electron chi connectivity index (χ3n) is 13.2. The van der Waals surface area contributed by atoms with Crippen LogP contribution in [0.3, 0.4) is 0 Å². The molecule has 0 unspecified atom stereocenters. The molecule has 0 bridgehead atoms. The second-order valence-corrected chi connectivity index (χ2v) is 16.7. The molecule has 5 nitrogen and oxygen atoms in total. The van der Waals surface area contributed by atoms with Crippen LogP contribution in [0, 0.1) is 0 Å². The highest BCUT2D eigenvalue weighted by Gasteiger charge is 2.24. The zero-order chi connectivity index (χ0) is 41.9. The molecule has 0 aliphatic heterocycles. The molecule has 296 valence electrons. The maximum atomic E-state index is 6.72. The summed E-state index contributed by atoms with van der Waals surface area (Å²) in [7, 11) is 0. The Kier molecular flexibility index (Phi) is 7.33. The smallest absolute Gasteiger partial charge is 0.238 e. The van der Waals surface area contributed by atoms with Crippen molar-refractivity contribution in [3.8, 4) is 39.9 Å². The molecule has 0 radical (unpaired) electrons. The highest BCUT2D eigenvalue weighted by atomic mass is 16.3. The van der Waals surface area contributed by atoms with Crippen molar-refractivity contribution in [3.05, 3.63) is 206 Å². The number of hydrogen-bond acceptors (Lipinski definition) is 4. The summed E-state index contributed by atoms with van der Waals surface area (Å²) in [4.78, 5) is 16.6. The van der Waals surface area contributed by atoms with Crippen molar-refractivity contribution in [3.63, 3.8) is 0 Å². The van der Waals surface area contributed by atoms with E-state index in [9.17, 15) is 0 Å². The fourth-order valence-electron chi connectivity index (χ4n) is 10.4. The van der Waals surface area contributed by atoms with Gasteiger partial charge < -0.3 is 4.42 Å². The SMILES string of the molecule is c1ccc2c(-c3ccc(-c4nc(-c5cccc6oc7c8ccccc8ccc7c56)nc(-n5c6ccc7ccccc7c6c6ccc7ccccc7c65)n4)c4ccccc34)cccc2c1. The molecular formula is C59H34N4O. The molecular weight excluding hydrogens is 781 g/mol. The van der Waals surface area contributed by atoms with Gasteiger partial charge in [-0.2, -0.15) is 9.97 Å². The van der Waals surface area contributed by atoms with Gasteiger partial charge >= 0.3 is 0 Å². The van der Waals surface area contributed by atoms with Gasteiger partial charge in [0.05, 0.1) is 11.0 Å². The van der Waals surface area contributed by atoms with Crippen LogP contribution in [0.2, 0.25) is 0 Å². The second-order valence-electron chi connectivity index (χ2n) is 16.7. The van der Waals surface area contributed by atoms with Crippen LogP contribution in [0.25, 0.3) is 137 Å². The average Bonchev–Trinajstić information content (AvgIpc) is 3.93. The summed E-state index contributed by atoms with van der Waals surface area (Å²) in [5.41, 5.74) is 7.88. The van der Waals surface area contributed by atoms with Crippen LogP contribution in [0.5, 0.6) is 0 Å². The quantitative estimate of drug-likeness (QED) is 0.178. The summed E-state index contributed by atoms with van der Waals surface area (Å²) < 4.78 is 8.98. The Morgan fingerprint density at radius 3 is 1.61 bits per heavy atom. The molecule has 0 aliphatic carbocycles. The minimum absolute atomic E-state index is 0.545. The maximum Gasteiger partial charge on any atom is 0.238 e. The van der Waals surface area contributed by atoms with Crippen molar-refractivity contribution < 1.29 is 4.42 Å². The second kappa shape index (κ2) is 13.4. The molecule has 0 saturated heterocycles. The number of nitrogens with zero attached hydrogens (tertiary/aromatic N) is 4. The molecule has 11 aromatic carbocycles. The summed E-state index contributed by atoms with van der Waals surface area (Å²) in [5, 5.41) is 15.8. The van der Waals surface area contributed by atoms with Crippen LogP contribution in [0.1, 0.15) is 0 Å². The Balaban J connectivity index is 1.11. The Morgan fingerprint density at radius 2 is 0.828 bits per heavy atom. The Hall–Kier alpha value is -8.67. The highest BCUT2D eigenvalue weighted by Crippen LogP contribution is 2.43. The van der Waals surface area contributed by atoms with Gasteiger partial charge in [-0.3, -0.25) is 4.57 Å². The monoisotopic (exact) mass is 814 g/mol. The van der Waals surface area contributed by atoms with Crippen molar-refractivity contribution in [2.45, 2.75) is 0 Å². The molecule has 0 N–H and O–H groups in total. The topological polar surface area (TPSA) is 56.7 Å². The van der Waals surface area contributed by atoms with E-state index in [2.05, 4.69) is 199 Å². The van der Waals surface area contributed by atoms with E-state index in [-0.39, 0.29) is 0 Å². The van der Waals surface area contributed by atoms with Crippen molar-refractivity contribution in [2.75, 3.05) is 0 Å². The zero-order valence-electron chi connectivity index (χ0n) is 34.3. The first-order chi connectivity index (χ1) is 31.7. The number of rotatable bonds is 4. The molecule has 0 amide bonds. The number of aromatic nitrogens is 4. The van der Waals surface area contributed by atoms with Gasteiger partial charge in [-0.15, -0.1) is 0 Å². The lowest BCUT2D eigenvalue weighted by atomic mass is 9.92. The van der Waals surface area contributed by atoms with E-state index in [1.807, 2.05) is 12.1 Å². The van der Waals surface area contributed by atoms with Gasteiger partial charge in [0.2, 0.25) is 5.95 Å². The van der Waals surface area contributed by atoms with Crippen molar-refractivity contribution >= 4 is 97.6 Å². The van der Waals surface area contributed by atoms with Crippen LogP contribution in [0.4, 0.5) is 0 Å². The van der Waals surface area contributed by atoms with E-state index in [4.69, 9.17) is 19.4 Å². The van der Waals surface area contributed by atoms with Crippen LogP contribution in [0.15, 0.2) is 211 Å². The van der Waals surface area contributed by atoms with Crippen LogP contribution < -0.4 is 0 Å². The van der Waals surface area contributed by atoms with Gasteiger partial charge in [-0.05, 0) is 78.5 Å². The predicted molar refractivity (Wildman–Crippen MR) is 265 cm³/mol. The van der Waals surface area contributed by atoms with E-state index in [0.717, 1.165) is 87.4 Å². The summed E-state index contributed by atoms with van der Waals surface area (Å²) in [5.74, 6) is 1.70. The van der Waals surface area contributed by atoms with E-state index in [1.54, 1.807) is 0 Å². The molecule has 14 rings (SSSR count). The van der Waals surface area contributed by atoms with Gasteiger partial charge in [-0.25, -0.2) is 4.98 Å².